The van der Waals surface area contributed by atoms with Gasteiger partial charge < -0.3 is 10.2 Å². The SMILES string of the molecule is O=C(O)c1cc(S(=O)(=O)Cl)ccc1Br.O=C(O)c1ccccc1Br. The van der Waals surface area contributed by atoms with Crippen LogP contribution >= 0.6 is 42.5 Å². The van der Waals surface area contributed by atoms with Gasteiger partial charge in [-0.2, -0.15) is 0 Å². The fraction of sp³-hybridized carbons (Fsp3) is 0. The lowest BCUT2D eigenvalue weighted by Crippen LogP contribution is -2.00. The minimum Gasteiger partial charge on any atom is -0.478 e. The van der Waals surface area contributed by atoms with E-state index in [-0.39, 0.29) is 10.5 Å². The van der Waals surface area contributed by atoms with E-state index in [1.54, 1.807) is 24.3 Å². The molecule has 0 bridgehead atoms. The summed E-state index contributed by atoms with van der Waals surface area (Å²) in [7, 11) is 1.16. The predicted molar refractivity (Wildman–Crippen MR) is 95.2 cm³/mol. The van der Waals surface area contributed by atoms with Crippen LogP contribution in [-0.4, -0.2) is 30.6 Å². The molecular formula is C14H9Br2ClO6S. The van der Waals surface area contributed by atoms with Crippen molar-refractivity contribution in [1.82, 2.24) is 0 Å². The van der Waals surface area contributed by atoms with E-state index >= 15 is 0 Å². The highest BCUT2D eigenvalue weighted by Gasteiger charge is 2.15. The molecule has 2 aromatic rings. The van der Waals surface area contributed by atoms with Gasteiger partial charge in [0.25, 0.3) is 9.05 Å². The Morgan fingerprint density at radius 2 is 1.38 bits per heavy atom. The fourth-order valence-corrected chi connectivity index (χ4v) is 3.10. The van der Waals surface area contributed by atoms with Gasteiger partial charge >= 0.3 is 11.9 Å². The van der Waals surface area contributed by atoms with Crippen molar-refractivity contribution in [2.75, 3.05) is 0 Å². The van der Waals surface area contributed by atoms with E-state index in [4.69, 9.17) is 20.9 Å². The third-order valence-corrected chi connectivity index (χ3v) is 5.29. The van der Waals surface area contributed by atoms with Crippen LogP contribution in [0.3, 0.4) is 0 Å². The topological polar surface area (TPSA) is 109 Å². The maximum Gasteiger partial charge on any atom is 0.336 e. The molecule has 0 spiro atoms. The number of carboxylic acids is 2. The molecule has 2 N–H and O–H groups in total. The molecule has 0 aliphatic heterocycles. The summed E-state index contributed by atoms with van der Waals surface area (Å²) in [5.74, 6) is -2.13. The van der Waals surface area contributed by atoms with Crippen molar-refractivity contribution in [1.29, 1.82) is 0 Å². The van der Waals surface area contributed by atoms with Crippen molar-refractivity contribution in [3.05, 3.63) is 62.5 Å². The van der Waals surface area contributed by atoms with Crippen molar-refractivity contribution in [2.24, 2.45) is 0 Å². The first-order valence-corrected chi connectivity index (χ1v) is 9.89. The zero-order valence-corrected chi connectivity index (χ0v) is 16.4. The van der Waals surface area contributed by atoms with Crippen LogP contribution in [-0.2, 0) is 9.05 Å². The Bertz CT molecular complexity index is 883. The summed E-state index contributed by atoms with van der Waals surface area (Å²) in [6.07, 6.45) is 0. The standard InChI is InChI=1S/C7H4BrClO4S.C7H5BrO2/c8-6-2-1-4(14(9,12)13)3-5(6)7(10)11;8-6-4-2-1-3-5(6)7(9)10/h1-3H,(H,10,11);1-4H,(H,9,10). The number of carbonyl (C=O) groups is 2. The molecule has 24 heavy (non-hydrogen) atoms. The normalized spacial score (nSPS) is 10.5. The molecule has 128 valence electrons. The smallest absolute Gasteiger partial charge is 0.336 e. The Labute approximate surface area is 158 Å². The van der Waals surface area contributed by atoms with E-state index in [0.29, 0.717) is 14.5 Å². The zero-order valence-electron chi connectivity index (χ0n) is 11.6. The second-order valence-electron chi connectivity index (χ2n) is 4.17. The number of rotatable bonds is 3. The summed E-state index contributed by atoms with van der Waals surface area (Å²) < 4.78 is 22.7. The van der Waals surface area contributed by atoms with Crippen LogP contribution in [0.1, 0.15) is 20.7 Å². The Morgan fingerprint density at radius 3 is 1.79 bits per heavy atom. The van der Waals surface area contributed by atoms with E-state index in [2.05, 4.69) is 31.9 Å². The first-order valence-electron chi connectivity index (χ1n) is 5.99. The van der Waals surface area contributed by atoms with Gasteiger partial charge in [0, 0.05) is 19.6 Å². The Morgan fingerprint density at radius 1 is 0.875 bits per heavy atom. The van der Waals surface area contributed by atoms with Crippen LogP contribution in [0.5, 0.6) is 0 Å². The summed E-state index contributed by atoms with van der Waals surface area (Å²) in [5.41, 5.74) is 0.147. The summed E-state index contributed by atoms with van der Waals surface area (Å²) in [6, 6.07) is 10.2. The molecule has 0 saturated heterocycles. The monoisotopic (exact) mass is 498 g/mol. The van der Waals surface area contributed by atoms with Gasteiger partial charge in [0.1, 0.15) is 0 Å². The zero-order chi connectivity index (χ0) is 18.5. The first kappa shape index (κ1) is 20.6. The van der Waals surface area contributed by atoms with Gasteiger partial charge in [-0.3, -0.25) is 0 Å². The number of benzene rings is 2. The van der Waals surface area contributed by atoms with E-state index in [1.807, 2.05) is 0 Å². The van der Waals surface area contributed by atoms with Crippen molar-refractivity contribution in [3.63, 3.8) is 0 Å². The average Bonchev–Trinajstić information content (AvgIpc) is 2.47. The summed E-state index contributed by atoms with van der Waals surface area (Å²) in [5, 5.41) is 17.2. The maximum absolute atomic E-state index is 10.9. The van der Waals surface area contributed by atoms with Crippen LogP contribution in [0.2, 0.25) is 0 Å². The molecule has 0 radical (unpaired) electrons. The Hall–Kier alpha value is -1.42. The minimum absolute atomic E-state index is 0.147. The lowest BCUT2D eigenvalue weighted by molar-refractivity contribution is 0.0685. The molecule has 6 nitrogen and oxygen atoms in total. The third-order valence-electron chi connectivity index (χ3n) is 2.55. The number of hydrogen-bond acceptors (Lipinski definition) is 4. The molecular weight excluding hydrogens is 491 g/mol. The number of aromatic carboxylic acids is 2. The fourth-order valence-electron chi connectivity index (χ4n) is 1.45. The van der Waals surface area contributed by atoms with E-state index in [9.17, 15) is 18.0 Å². The number of hydrogen-bond donors (Lipinski definition) is 2. The highest BCUT2D eigenvalue weighted by atomic mass is 79.9. The molecule has 0 aliphatic rings. The lowest BCUT2D eigenvalue weighted by Gasteiger charge is -2.00. The van der Waals surface area contributed by atoms with Gasteiger partial charge in [0.2, 0.25) is 0 Å². The summed E-state index contributed by atoms with van der Waals surface area (Å²) >= 11 is 6.10. The molecule has 0 aromatic heterocycles. The molecule has 0 unspecified atom stereocenters. The number of carboxylic acid groups (broad SMARTS) is 2. The largest absolute Gasteiger partial charge is 0.478 e. The van der Waals surface area contributed by atoms with Crippen LogP contribution in [0.4, 0.5) is 0 Å². The van der Waals surface area contributed by atoms with E-state index in [0.717, 1.165) is 6.07 Å². The quantitative estimate of drug-likeness (QED) is 0.611. The molecule has 0 aliphatic carbocycles. The van der Waals surface area contributed by atoms with Gasteiger partial charge in [-0.1, -0.05) is 12.1 Å². The second kappa shape index (κ2) is 8.61. The second-order valence-corrected chi connectivity index (χ2v) is 8.44. The molecule has 0 atom stereocenters. The maximum atomic E-state index is 10.9. The van der Waals surface area contributed by atoms with Gasteiger partial charge in [-0.25, -0.2) is 18.0 Å². The van der Waals surface area contributed by atoms with Gasteiger partial charge in [-0.15, -0.1) is 0 Å². The van der Waals surface area contributed by atoms with Crippen LogP contribution in [0.25, 0.3) is 0 Å². The highest BCUT2D eigenvalue weighted by molar-refractivity contribution is 9.10. The molecule has 2 rings (SSSR count). The molecule has 10 heteroatoms. The molecule has 0 fully saturated rings. The number of halogens is 3. The third kappa shape index (κ3) is 5.90. The Kier molecular flexibility index (Phi) is 7.40. The predicted octanol–water partition coefficient (Wildman–Crippen LogP) is 4.22. The molecule has 0 saturated carbocycles. The lowest BCUT2D eigenvalue weighted by atomic mass is 10.2. The van der Waals surface area contributed by atoms with Crippen LogP contribution in [0.15, 0.2) is 56.3 Å². The van der Waals surface area contributed by atoms with Crippen molar-refractivity contribution in [2.45, 2.75) is 4.90 Å². The summed E-state index contributed by atoms with van der Waals surface area (Å²) in [4.78, 5) is 20.8. The van der Waals surface area contributed by atoms with Crippen molar-refractivity contribution < 1.29 is 28.2 Å². The van der Waals surface area contributed by atoms with E-state index in [1.165, 1.54) is 12.1 Å². The first-order chi connectivity index (χ1) is 11.0. The minimum atomic E-state index is -3.89. The summed E-state index contributed by atoms with van der Waals surface area (Å²) in [6.45, 7) is 0. The molecule has 0 amide bonds. The van der Waals surface area contributed by atoms with Crippen molar-refractivity contribution in [3.8, 4) is 0 Å². The Balaban J connectivity index is 0.000000254. The van der Waals surface area contributed by atoms with E-state index < -0.39 is 21.0 Å². The van der Waals surface area contributed by atoms with Crippen LogP contribution < -0.4 is 0 Å². The van der Waals surface area contributed by atoms with Crippen LogP contribution in [0, 0.1) is 0 Å². The van der Waals surface area contributed by atoms with Gasteiger partial charge in [0.15, 0.2) is 0 Å². The average molecular weight is 501 g/mol. The molecule has 0 heterocycles. The molecule has 2 aromatic carbocycles. The van der Waals surface area contributed by atoms with Gasteiger partial charge in [0.05, 0.1) is 16.0 Å². The van der Waals surface area contributed by atoms with Crippen molar-refractivity contribution >= 4 is 63.5 Å². The highest BCUT2D eigenvalue weighted by Crippen LogP contribution is 2.23. The van der Waals surface area contributed by atoms with Gasteiger partial charge in [-0.05, 0) is 62.2 Å².